The zero-order valence-electron chi connectivity index (χ0n) is 9.86. The number of hydrogen-bond acceptors (Lipinski definition) is 3. The Morgan fingerprint density at radius 1 is 1.53 bits per heavy atom. The van der Waals surface area contributed by atoms with Crippen LogP contribution >= 0.6 is 27.7 Å². The number of benzene rings is 1. The molecule has 2 rings (SSSR count). The van der Waals surface area contributed by atoms with Crippen molar-refractivity contribution in [1.29, 1.82) is 0 Å². The second-order valence-corrected chi connectivity index (χ2v) is 6.21. The molecule has 4 heteroatoms. The monoisotopic (exact) mass is 316 g/mol. The number of thioether (sulfide) groups is 1. The van der Waals surface area contributed by atoms with Crippen molar-refractivity contribution in [3.63, 3.8) is 0 Å². The summed E-state index contributed by atoms with van der Waals surface area (Å²) in [4.78, 5) is 0. The number of halogens is 1. The van der Waals surface area contributed by atoms with Crippen LogP contribution in [-0.4, -0.2) is 23.2 Å². The van der Waals surface area contributed by atoms with Gasteiger partial charge in [-0.15, -0.1) is 0 Å². The minimum absolute atomic E-state index is 0.158. The molecule has 0 amide bonds. The van der Waals surface area contributed by atoms with Gasteiger partial charge in [0.1, 0.15) is 11.9 Å². The Balaban J connectivity index is 2.03. The number of hydrogen-bond donors (Lipinski definition) is 1. The van der Waals surface area contributed by atoms with E-state index in [9.17, 15) is 5.11 Å². The van der Waals surface area contributed by atoms with Gasteiger partial charge in [-0.2, -0.15) is 11.8 Å². The van der Waals surface area contributed by atoms with Crippen molar-refractivity contribution in [3.05, 3.63) is 28.2 Å². The van der Waals surface area contributed by atoms with Gasteiger partial charge in [0.25, 0.3) is 0 Å². The van der Waals surface area contributed by atoms with Gasteiger partial charge in [0.2, 0.25) is 0 Å². The van der Waals surface area contributed by atoms with Crippen molar-refractivity contribution >= 4 is 27.7 Å². The molecule has 2 atom stereocenters. The van der Waals surface area contributed by atoms with Crippen LogP contribution < -0.4 is 4.74 Å². The maximum Gasteiger partial charge on any atom is 0.125 e. The molecular formula is C13H17BrO2S. The van der Waals surface area contributed by atoms with Crippen LogP contribution in [0.1, 0.15) is 30.9 Å². The van der Waals surface area contributed by atoms with Gasteiger partial charge >= 0.3 is 0 Å². The third-order valence-corrected chi connectivity index (χ3v) is 4.18. The third kappa shape index (κ3) is 3.39. The topological polar surface area (TPSA) is 29.5 Å². The first-order valence-electron chi connectivity index (χ1n) is 5.84. The predicted molar refractivity (Wildman–Crippen MR) is 75.8 cm³/mol. The summed E-state index contributed by atoms with van der Waals surface area (Å²) in [6.45, 7) is 0. The van der Waals surface area contributed by atoms with E-state index >= 15 is 0 Å². The van der Waals surface area contributed by atoms with Gasteiger partial charge in [0.05, 0.1) is 6.10 Å². The summed E-state index contributed by atoms with van der Waals surface area (Å²) in [5.74, 6) is 1.99. The van der Waals surface area contributed by atoms with Gasteiger partial charge in [-0.25, -0.2) is 0 Å². The second-order valence-electron chi connectivity index (χ2n) is 4.31. The van der Waals surface area contributed by atoms with E-state index in [2.05, 4.69) is 22.2 Å². The van der Waals surface area contributed by atoms with Crippen molar-refractivity contribution < 1.29 is 9.84 Å². The van der Waals surface area contributed by atoms with E-state index in [1.807, 2.05) is 30.0 Å². The zero-order chi connectivity index (χ0) is 12.3. The second kappa shape index (κ2) is 6.12. The molecule has 1 aromatic carbocycles. The Kier molecular flexibility index (Phi) is 4.77. The van der Waals surface area contributed by atoms with Gasteiger partial charge < -0.3 is 9.84 Å². The first-order chi connectivity index (χ1) is 8.20. The molecule has 0 radical (unpaired) electrons. The summed E-state index contributed by atoms with van der Waals surface area (Å²) in [7, 11) is 0. The number of rotatable bonds is 4. The Bertz CT molecular complexity index is 384. The maximum atomic E-state index is 10.1. The summed E-state index contributed by atoms with van der Waals surface area (Å²) >= 11 is 5.27. The number of fused-ring (bicyclic) bond motifs is 1. The average molecular weight is 317 g/mol. The molecule has 0 saturated heterocycles. The minimum Gasteiger partial charge on any atom is -0.490 e. The predicted octanol–water partition coefficient (Wildman–Crippen LogP) is 3.78. The molecule has 1 aliphatic rings. The van der Waals surface area contributed by atoms with E-state index in [1.165, 1.54) is 0 Å². The first kappa shape index (κ1) is 13.2. The standard InChI is InChI=1S/C13H17BrO2S/c1-17-6-2-3-10-8-12(15)11-7-9(14)4-5-13(11)16-10/h4-5,7,10,12,15H,2-3,6,8H2,1H3/t10?,12-/m1/s1. The number of aliphatic hydroxyl groups is 1. The largest absolute Gasteiger partial charge is 0.490 e. The fourth-order valence-corrected chi connectivity index (χ4v) is 2.96. The highest BCUT2D eigenvalue weighted by Gasteiger charge is 2.26. The van der Waals surface area contributed by atoms with Crippen molar-refractivity contribution in [2.24, 2.45) is 0 Å². The van der Waals surface area contributed by atoms with E-state index in [-0.39, 0.29) is 6.10 Å². The summed E-state index contributed by atoms with van der Waals surface area (Å²) in [6, 6.07) is 5.83. The average Bonchev–Trinajstić information content (AvgIpc) is 2.31. The highest BCUT2D eigenvalue weighted by molar-refractivity contribution is 9.10. The molecule has 1 unspecified atom stereocenters. The molecule has 1 aromatic rings. The third-order valence-electron chi connectivity index (χ3n) is 2.99. The summed E-state index contributed by atoms with van der Waals surface area (Å²) < 4.78 is 6.90. The molecule has 0 bridgehead atoms. The zero-order valence-corrected chi connectivity index (χ0v) is 12.3. The highest BCUT2D eigenvalue weighted by atomic mass is 79.9. The quantitative estimate of drug-likeness (QED) is 0.857. The lowest BCUT2D eigenvalue weighted by Crippen LogP contribution is -2.25. The summed E-state index contributed by atoms with van der Waals surface area (Å²) in [5, 5.41) is 10.1. The Morgan fingerprint density at radius 3 is 3.12 bits per heavy atom. The number of ether oxygens (including phenoxy) is 1. The van der Waals surface area contributed by atoms with Crippen LogP contribution in [0.3, 0.4) is 0 Å². The molecule has 1 heterocycles. The number of aliphatic hydroxyl groups excluding tert-OH is 1. The maximum absolute atomic E-state index is 10.1. The molecule has 0 spiro atoms. The smallest absolute Gasteiger partial charge is 0.125 e. The Morgan fingerprint density at radius 2 is 2.35 bits per heavy atom. The van der Waals surface area contributed by atoms with Gasteiger partial charge in [0, 0.05) is 16.5 Å². The molecular weight excluding hydrogens is 300 g/mol. The van der Waals surface area contributed by atoms with Crippen LogP contribution in [0.4, 0.5) is 0 Å². The van der Waals surface area contributed by atoms with Gasteiger partial charge in [0.15, 0.2) is 0 Å². The fourth-order valence-electron chi connectivity index (χ4n) is 2.12. The molecule has 1 N–H and O–H groups in total. The lowest BCUT2D eigenvalue weighted by Gasteiger charge is -2.29. The lowest BCUT2D eigenvalue weighted by atomic mass is 9.97. The normalized spacial score (nSPS) is 23.0. The van der Waals surface area contributed by atoms with E-state index in [0.717, 1.165) is 34.4 Å². The fraction of sp³-hybridized carbons (Fsp3) is 0.538. The van der Waals surface area contributed by atoms with E-state index < -0.39 is 6.10 Å². The summed E-state index contributed by atoms with van der Waals surface area (Å²) in [6.07, 6.45) is 4.75. The first-order valence-corrected chi connectivity index (χ1v) is 8.02. The van der Waals surface area contributed by atoms with Crippen LogP contribution in [-0.2, 0) is 0 Å². The summed E-state index contributed by atoms with van der Waals surface area (Å²) in [5.41, 5.74) is 0.903. The Labute approximate surface area is 115 Å². The molecule has 0 fully saturated rings. The van der Waals surface area contributed by atoms with Crippen LogP contribution in [0, 0.1) is 0 Å². The van der Waals surface area contributed by atoms with Crippen LogP contribution in [0.2, 0.25) is 0 Å². The molecule has 17 heavy (non-hydrogen) atoms. The van der Waals surface area contributed by atoms with Gasteiger partial charge in [-0.3, -0.25) is 0 Å². The van der Waals surface area contributed by atoms with Crippen LogP contribution in [0.5, 0.6) is 5.75 Å². The van der Waals surface area contributed by atoms with Gasteiger partial charge in [-0.05, 0) is 43.0 Å². The van der Waals surface area contributed by atoms with E-state index in [4.69, 9.17) is 4.74 Å². The van der Waals surface area contributed by atoms with Crippen molar-refractivity contribution in [2.75, 3.05) is 12.0 Å². The van der Waals surface area contributed by atoms with Gasteiger partial charge in [-0.1, -0.05) is 15.9 Å². The Hall–Kier alpha value is -0.190. The lowest BCUT2D eigenvalue weighted by molar-refractivity contribution is 0.0616. The van der Waals surface area contributed by atoms with Crippen LogP contribution in [0.25, 0.3) is 0 Å². The van der Waals surface area contributed by atoms with E-state index in [1.54, 1.807) is 0 Å². The van der Waals surface area contributed by atoms with Crippen LogP contribution in [0.15, 0.2) is 22.7 Å². The molecule has 1 aliphatic heterocycles. The molecule has 0 saturated carbocycles. The molecule has 94 valence electrons. The van der Waals surface area contributed by atoms with Crippen molar-refractivity contribution in [2.45, 2.75) is 31.5 Å². The van der Waals surface area contributed by atoms with E-state index in [0.29, 0.717) is 6.42 Å². The van der Waals surface area contributed by atoms with Crippen molar-refractivity contribution in [1.82, 2.24) is 0 Å². The SMILES string of the molecule is CSCCCC1C[C@@H](O)c2cc(Br)ccc2O1. The minimum atomic E-state index is -0.393. The molecule has 0 aromatic heterocycles. The molecule has 0 aliphatic carbocycles. The molecule has 2 nitrogen and oxygen atoms in total. The highest BCUT2D eigenvalue weighted by Crippen LogP contribution is 2.37. The van der Waals surface area contributed by atoms with Crippen molar-refractivity contribution in [3.8, 4) is 5.75 Å².